The van der Waals surface area contributed by atoms with Crippen molar-refractivity contribution in [1.29, 1.82) is 0 Å². The average Bonchev–Trinajstić information content (AvgIpc) is 3.35. The van der Waals surface area contributed by atoms with Crippen LogP contribution in [0.5, 0.6) is 11.5 Å². The van der Waals surface area contributed by atoms with Gasteiger partial charge in [-0.3, -0.25) is 9.59 Å². The Morgan fingerprint density at radius 3 is 2.52 bits per heavy atom. The van der Waals surface area contributed by atoms with Crippen LogP contribution < -0.4 is 14.8 Å². The number of carbonyl (C=O) groups is 2. The summed E-state index contributed by atoms with van der Waals surface area (Å²) in [6.07, 6.45) is -1.15. The van der Waals surface area contributed by atoms with Crippen molar-refractivity contribution in [2.45, 2.75) is 19.7 Å². The minimum Gasteiger partial charge on any atom is -0.497 e. The number of ether oxygens (including phenoxy) is 3. The molecule has 142 valence electrons. The maximum absolute atomic E-state index is 12.6. The highest BCUT2D eigenvalue weighted by atomic mass is 32.1. The van der Waals surface area contributed by atoms with Crippen molar-refractivity contribution in [2.24, 2.45) is 5.10 Å². The molecule has 8 nitrogen and oxygen atoms in total. The largest absolute Gasteiger partial charge is 0.497 e. The highest BCUT2D eigenvalue weighted by molar-refractivity contribution is 7.12. The summed E-state index contributed by atoms with van der Waals surface area (Å²) in [6, 6.07) is 8.96. The number of rotatable bonds is 6. The number of hydrogen-bond acceptors (Lipinski definition) is 7. The maximum Gasteiger partial charge on any atom is 0.285 e. The predicted octanol–water partition coefficient (Wildman–Crippen LogP) is 1.95. The SMILES string of the molecule is COc1cc(CNC(=O)C2OC(c3cccs3)=NN2C(C)=O)cc(OC)c1. The number of carbonyl (C=O) groups excluding carboxylic acids is 2. The van der Waals surface area contributed by atoms with Gasteiger partial charge in [-0.1, -0.05) is 6.07 Å². The van der Waals surface area contributed by atoms with Crippen molar-refractivity contribution in [3.8, 4) is 11.5 Å². The Labute approximate surface area is 160 Å². The molecule has 1 aliphatic rings. The van der Waals surface area contributed by atoms with Gasteiger partial charge in [0.15, 0.2) is 0 Å². The first kappa shape index (κ1) is 18.7. The Morgan fingerprint density at radius 1 is 1.26 bits per heavy atom. The zero-order valence-electron chi connectivity index (χ0n) is 15.1. The monoisotopic (exact) mass is 389 g/mol. The normalized spacial score (nSPS) is 15.7. The number of nitrogens with zero attached hydrogens (tertiary/aromatic N) is 2. The fraction of sp³-hybridized carbons (Fsp3) is 0.278. The average molecular weight is 389 g/mol. The van der Waals surface area contributed by atoms with Gasteiger partial charge in [0.05, 0.1) is 19.1 Å². The van der Waals surface area contributed by atoms with E-state index in [-0.39, 0.29) is 18.3 Å². The van der Waals surface area contributed by atoms with Crippen LogP contribution in [0.1, 0.15) is 17.4 Å². The molecule has 0 fully saturated rings. The summed E-state index contributed by atoms with van der Waals surface area (Å²) in [5, 5.41) is 9.79. The van der Waals surface area contributed by atoms with Crippen molar-refractivity contribution in [3.63, 3.8) is 0 Å². The van der Waals surface area contributed by atoms with Gasteiger partial charge in [-0.05, 0) is 29.1 Å². The summed E-state index contributed by atoms with van der Waals surface area (Å²) >= 11 is 1.41. The van der Waals surface area contributed by atoms with Crippen molar-refractivity contribution in [2.75, 3.05) is 14.2 Å². The summed E-state index contributed by atoms with van der Waals surface area (Å²) in [5.74, 6) is 0.629. The first-order chi connectivity index (χ1) is 13.0. The molecule has 1 atom stereocenters. The van der Waals surface area contributed by atoms with Gasteiger partial charge in [-0.2, -0.15) is 5.01 Å². The van der Waals surface area contributed by atoms with E-state index in [1.807, 2.05) is 17.5 Å². The van der Waals surface area contributed by atoms with E-state index in [1.54, 1.807) is 32.4 Å². The van der Waals surface area contributed by atoms with Crippen LogP contribution in [0, 0.1) is 0 Å². The zero-order chi connectivity index (χ0) is 19.4. The molecule has 1 N–H and O–H groups in total. The highest BCUT2D eigenvalue weighted by Crippen LogP contribution is 2.23. The van der Waals surface area contributed by atoms with Gasteiger partial charge < -0.3 is 19.5 Å². The number of methoxy groups -OCH3 is 2. The Kier molecular flexibility index (Phi) is 5.60. The fourth-order valence-corrected chi connectivity index (χ4v) is 3.13. The van der Waals surface area contributed by atoms with Gasteiger partial charge in [-0.25, -0.2) is 0 Å². The van der Waals surface area contributed by atoms with Crippen molar-refractivity contribution >= 4 is 29.0 Å². The Hall–Kier alpha value is -3.07. The third-order valence-electron chi connectivity index (χ3n) is 3.80. The number of benzene rings is 1. The molecule has 2 amide bonds. The molecule has 0 spiro atoms. The van der Waals surface area contributed by atoms with Crippen LogP contribution in [-0.2, 0) is 20.9 Å². The molecule has 0 bridgehead atoms. The van der Waals surface area contributed by atoms with Crippen LogP contribution >= 0.6 is 11.3 Å². The second kappa shape index (κ2) is 8.09. The minimum absolute atomic E-state index is 0.215. The minimum atomic E-state index is -1.15. The van der Waals surface area contributed by atoms with Crippen LogP contribution in [-0.4, -0.2) is 43.2 Å². The van der Waals surface area contributed by atoms with E-state index in [0.29, 0.717) is 11.5 Å². The van der Waals surface area contributed by atoms with Gasteiger partial charge in [0, 0.05) is 19.5 Å². The van der Waals surface area contributed by atoms with Crippen LogP contribution in [0.15, 0.2) is 40.8 Å². The van der Waals surface area contributed by atoms with E-state index < -0.39 is 12.1 Å². The lowest BCUT2D eigenvalue weighted by Gasteiger charge is -2.18. The quantitative estimate of drug-likeness (QED) is 0.816. The number of amides is 2. The number of thiophene rings is 1. The highest BCUT2D eigenvalue weighted by Gasteiger charge is 2.37. The summed E-state index contributed by atoms with van der Waals surface area (Å²) < 4.78 is 16.1. The van der Waals surface area contributed by atoms with Crippen molar-refractivity contribution in [3.05, 3.63) is 46.2 Å². The lowest BCUT2D eigenvalue weighted by atomic mass is 10.2. The van der Waals surface area contributed by atoms with Gasteiger partial charge in [0.1, 0.15) is 11.5 Å². The molecule has 0 aliphatic carbocycles. The fourth-order valence-electron chi connectivity index (χ4n) is 2.48. The summed E-state index contributed by atoms with van der Waals surface area (Å²) in [6.45, 7) is 1.55. The van der Waals surface area contributed by atoms with E-state index >= 15 is 0 Å². The molecule has 2 heterocycles. The standard InChI is InChI=1S/C18H19N3O5S/c1-11(22)21-18(26-17(20-21)15-5-4-6-27-15)16(23)19-10-12-7-13(24-2)9-14(8-12)25-3/h4-9,18H,10H2,1-3H3,(H,19,23). The van der Waals surface area contributed by atoms with E-state index in [2.05, 4.69) is 10.4 Å². The van der Waals surface area contributed by atoms with E-state index in [9.17, 15) is 9.59 Å². The van der Waals surface area contributed by atoms with E-state index in [0.717, 1.165) is 15.4 Å². The van der Waals surface area contributed by atoms with E-state index in [4.69, 9.17) is 14.2 Å². The maximum atomic E-state index is 12.6. The third kappa shape index (κ3) is 4.20. The van der Waals surface area contributed by atoms with Crippen molar-refractivity contribution < 1.29 is 23.8 Å². The van der Waals surface area contributed by atoms with Crippen molar-refractivity contribution in [1.82, 2.24) is 10.3 Å². The lowest BCUT2D eigenvalue weighted by Crippen LogP contribution is -2.45. The summed E-state index contributed by atoms with van der Waals surface area (Å²) in [5.41, 5.74) is 0.784. The first-order valence-electron chi connectivity index (χ1n) is 8.10. The molecule has 0 saturated carbocycles. The molecule has 27 heavy (non-hydrogen) atoms. The smallest absolute Gasteiger partial charge is 0.285 e. The molecule has 9 heteroatoms. The van der Waals surface area contributed by atoms with Crippen LogP contribution in [0.25, 0.3) is 0 Å². The van der Waals surface area contributed by atoms with Gasteiger partial charge in [0.25, 0.3) is 18.0 Å². The molecule has 0 radical (unpaired) electrons. The molecule has 0 saturated heterocycles. The van der Waals surface area contributed by atoms with E-state index in [1.165, 1.54) is 18.3 Å². The predicted molar refractivity (Wildman–Crippen MR) is 99.6 cm³/mol. The molecular formula is C18H19N3O5S. The summed E-state index contributed by atoms with van der Waals surface area (Å²) in [7, 11) is 3.11. The second-order valence-electron chi connectivity index (χ2n) is 5.65. The summed E-state index contributed by atoms with van der Waals surface area (Å²) in [4.78, 5) is 25.2. The lowest BCUT2D eigenvalue weighted by molar-refractivity contribution is -0.146. The third-order valence-corrected chi connectivity index (χ3v) is 4.66. The number of nitrogens with one attached hydrogen (secondary N) is 1. The Bertz CT molecular complexity index is 844. The van der Waals surface area contributed by atoms with Crippen LogP contribution in [0.4, 0.5) is 0 Å². The molecule has 2 aromatic rings. The van der Waals surface area contributed by atoms with Crippen LogP contribution in [0.2, 0.25) is 0 Å². The number of hydrazone groups is 1. The van der Waals surface area contributed by atoms with Crippen LogP contribution in [0.3, 0.4) is 0 Å². The molecule has 1 aromatic carbocycles. The van der Waals surface area contributed by atoms with Gasteiger partial charge >= 0.3 is 0 Å². The number of hydrogen-bond donors (Lipinski definition) is 1. The van der Waals surface area contributed by atoms with Gasteiger partial charge in [-0.15, -0.1) is 16.4 Å². The first-order valence-corrected chi connectivity index (χ1v) is 8.98. The Balaban J connectivity index is 1.70. The molecule has 3 rings (SSSR count). The molecule has 1 aromatic heterocycles. The molecule has 1 unspecified atom stereocenters. The van der Waals surface area contributed by atoms with Gasteiger partial charge in [0.2, 0.25) is 5.91 Å². The Morgan fingerprint density at radius 2 is 1.96 bits per heavy atom. The topological polar surface area (TPSA) is 89.5 Å². The molecular weight excluding hydrogens is 370 g/mol. The second-order valence-corrected chi connectivity index (χ2v) is 6.60. The zero-order valence-corrected chi connectivity index (χ0v) is 15.9. The molecule has 1 aliphatic heterocycles.